The number of carbonyl (C=O) groups excluding carboxylic acids is 1. The second-order valence-corrected chi connectivity index (χ2v) is 10.2. The number of anilines is 1. The molecule has 1 aliphatic carbocycles. The van der Waals surface area contributed by atoms with E-state index in [0.29, 0.717) is 16.3 Å². The third-order valence-corrected chi connectivity index (χ3v) is 6.73. The molecule has 10 nitrogen and oxygen atoms in total. The predicted octanol–water partition coefficient (Wildman–Crippen LogP) is 1.36. The number of hydrogen-bond donors (Lipinski definition) is 3. The highest BCUT2D eigenvalue weighted by Crippen LogP contribution is 2.39. The fraction of sp³-hybridized carbons (Fsp3) is 0.579. The van der Waals surface area contributed by atoms with E-state index >= 15 is 4.39 Å². The lowest BCUT2D eigenvalue weighted by molar-refractivity contribution is -0.117. The highest BCUT2D eigenvalue weighted by Gasteiger charge is 2.39. The molecule has 0 spiro atoms. The van der Waals surface area contributed by atoms with Gasteiger partial charge < -0.3 is 19.8 Å². The summed E-state index contributed by atoms with van der Waals surface area (Å²) in [5.41, 5.74) is -0.370. The van der Waals surface area contributed by atoms with Gasteiger partial charge in [-0.2, -0.15) is 8.42 Å². The van der Waals surface area contributed by atoms with Gasteiger partial charge in [0.05, 0.1) is 12.7 Å². The minimum atomic E-state index is -4.25. The highest BCUT2D eigenvalue weighted by atomic mass is 32.2. The largest absolute Gasteiger partial charge is 0.506 e. The number of nitrogens with zero attached hydrogens (tertiary/aromatic N) is 2. The van der Waals surface area contributed by atoms with Crippen LogP contribution in [0.3, 0.4) is 0 Å². The number of aromatic hydroxyl groups is 1. The fourth-order valence-electron chi connectivity index (χ4n) is 3.88. The number of benzene rings is 1. The molecule has 1 atom stereocenters. The number of rotatable bonds is 5. The molecule has 3 N–H and O–H groups in total. The van der Waals surface area contributed by atoms with Crippen LogP contribution in [0.15, 0.2) is 6.07 Å². The van der Waals surface area contributed by atoms with Crippen molar-refractivity contribution in [2.24, 2.45) is 0 Å². The third-order valence-electron chi connectivity index (χ3n) is 5.36. The van der Waals surface area contributed by atoms with Crippen molar-refractivity contribution in [3.05, 3.63) is 23.0 Å². The van der Waals surface area contributed by atoms with Crippen molar-refractivity contribution in [1.29, 1.82) is 0 Å². The second kappa shape index (κ2) is 8.15. The Morgan fingerprint density at radius 1 is 1.42 bits per heavy atom. The molecule has 12 heteroatoms. The summed E-state index contributed by atoms with van der Waals surface area (Å²) >= 11 is 0. The zero-order chi connectivity index (χ0) is 23.1. The Kier molecular flexibility index (Phi) is 6.07. The number of carboxylic acid groups (broad SMARTS) is 1. The Labute approximate surface area is 179 Å². The molecule has 2 amide bonds. The highest BCUT2D eigenvalue weighted by molar-refractivity contribution is 7.92. The first-order valence-corrected chi connectivity index (χ1v) is 11.2. The second-order valence-electron chi connectivity index (χ2n) is 8.57. The average Bonchev–Trinajstić information content (AvgIpc) is 2.89. The number of ether oxygens (including phenoxy) is 1. The van der Waals surface area contributed by atoms with E-state index in [0.717, 1.165) is 0 Å². The fourth-order valence-corrected chi connectivity index (χ4v) is 5.04. The number of hydrogen-bond acceptors (Lipinski definition) is 6. The van der Waals surface area contributed by atoms with Gasteiger partial charge in [-0.25, -0.2) is 18.2 Å². The Morgan fingerprint density at radius 3 is 2.65 bits per heavy atom. The Balaban J connectivity index is 1.73. The Morgan fingerprint density at radius 2 is 2.10 bits per heavy atom. The van der Waals surface area contributed by atoms with Crippen LogP contribution in [0.5, 0.6) is 5.75 Å². The normalized spacial score (nSPS) is 20.3. The smallest absolute Gasteiger partial charge is 0.407 e. The molecule has 0 aromatic heterocycles. The quantitative estimate of drug-likeness (QED) is 0.605. The first kappa shape index (κ1) is 23.1. The van der Waals surface area contributed by atoms with E-state index in [1.54, 1.807) is 25.5 Å². The Hall–Kier alpha value is -2.60. The van der Waals surface area contributed by atoms with Gasteiger partial charge in [0.1, 0.15) is 18.0 Å². The number of phenols is 1. The van der Waals surface area contributed by atoms with Gasteiger partial charge in [0.15, 0.2) is 5.82 Å². The molecule has 1 saturated heterocycles. The summed E-state index contributed by atoms with van der Waals surface area (Å²) in [6.07, 6.45) is -0.371. The van der Waals surface area contributed by atoms with E-state index in [2.05, 4.69) is 0 Å². The number of amides is 2. The van der Waals surface area contributed by atoms with Crippen molar-refractivity contribution in [1.82, 2.24) is 9.62 Å². The number of carbonyl (C=O) groups is 2. The summed E-state index contributed by atoms with van der Waals surface area (Å²) in [7, 11) is -4.25. The summed E-state index contributed by atoms with van der Waals surface area (Å²) in [5.74, 6) is -2.27. The summed E-state index contributed by atoms with van der Waals surface area (Å²) in [5, 5.41) is 19.6. The molecular formula is C19H26FN3O7S. The molecular weight excluding hydrogens is 433 g/mol. The summed E-state index contributed by atoms with van der Waals surface area (Å²) in [6, 6.07) is 1.29. The third kappa shape index (κ3) is 4.69. The molecule has 3 rings (SSSR count). The minimum absolute atomic E-state index is 0.163. The molecule has 172 valence electrons. The zero-order valence-corrected chi connectivity index (χ0v) is 18.3. The van der Waals surface area contributed by atoms with Crippen LogP contribution >= 0.6 is 0 Å². The van der Waals surface area contributed by atoms with Crippen LogP contribution < -0.4 is 9.03 Å². The summed E-state index contributed by atoms with van der Waals surface area (Å²) < 4.78 is 47.3. The Bertz CT molecular complexity index is 1010. The predicted molar refractivity (Wildman–Crippen MR) is 109 cm³/mol. The zero-order valence-electron chi connectivity index (χ0n) is 17.5. The van der Waals surface area contributed by atoms with Gasteiger partial charge >= 0.3 is 16.3 Å². The standard InChI is InChI=1S/C19H26FN3O7S/c1-19(2,3)22(18(26)27)6-7-30-12-4-5-13-11(8-12)9-14(24)17(16(13)20)23-10-15(25)21-31(23,28)29/h9,12,24H,4-8,10H2,1-3H3,(H,21,25)(H,26,27). The lowest BCUT2D eigenvalue weighted by Gasteiger charge is -2.34. The van der Waals surface area contributed by atoms with Gasteiger partial charge in [0.25, 0.3) is 5.91 Å². The number of fused-ring (bicyclic) bond motifs is 1. The van der Waals surface area contributed by atoms with Gasteiger partial charge in [-0.15, -0.1) is 0 Å². The van der Waals surface area contributed by atoms with Crippen molar-refractivity contribution in [2.75, 3.05) is 24.0 Å². The van der Waals surface area contributed by atoms with E-state index in [4.69, 9.17) is 4.74 Å². The van der Waals surface area contributed by atoms with Crippen LogP contribution in [0.25, 0.3) is 0 Å². The van der Waals surface area contributed by atoms with Crippen LogP contribution in [0.2, 0.25) is 0 Å². The molecule has 0 radical (unpaired) electrons. The molecule has 1 unspecified atom stereocenters. The van der Waals surface area contributed by atoms with Crippen LogP contribution in [-0.2, 0) is 32.6 Å². The molecule has 2 aliphatic rings. The maximum Gasteiger partial charge on any atom is 0.407 e. The number of nitrogens with one attached hydrogen (secondary N) is 1. The van der Waals surface area contributed by atoms with Crippen molar-refractivity contribution < 1.29 is 37.3 Å². The van der Waals surface area contributed by atoms with Crippen molar-refractivity contribution in [2.45, 2.75) is 51.7 Å². The van der Waals surface area contributed by atoms with Gasteiger partial charge in [-0.3, -0.25) is 4.79 Å². The van der Waals surface area contributed by atoms with Gasteiger partial charge in [-0.05, 0) is 57.2 Å². The molecule has 1 aromatic carbocycles. The molecule has 0 saturated carbocycles. The molecule has 1 aromatic rings. The lowest BCUT2D eigenvalue weighted by atomic mass is 9.88. The van der Waals surface area contributed by atoms with Crippen LogP contribution in [0.1, 0.15) is 38.3 Å². The topological polar surface area (TPSA) is 136 Å². The average molecular weight is 459 g/mol. The van der Waals surface area contributed by atoms with Crippen LogP contribution in [0, 0.1) is 5.82 Å². The van der Waals surface area contributed by atoms with Crippen molar-refractivity contribution >= 4 is 27.9 Å². The van der Waals surface area contributed by atoms with Crippen LogP contribution in [0.4, 0.5) is 14.9 Å². The van der Waals surface area contributed by atoms with Gasteiger partial charge in [-0.1, -0.05) is 0 Å². The first-order chi connectivity index (χ1) is 14.3. The molecule has 1 heterocycles. The summed E-state index contributed by atoms with van der Waals surface area (Å²) in [4.78, 5) is 24.1. The van der Waals surface area contributed by atoms with E-state index in [-0.39, 0.29) is 37.7 Å². The van der Waals surface area contributed by atoms with E-state index < -0.39 is 51.5 Å². The minimum Gasteiger partial charge on any atom is -0.506 e. The number of phenolic OH excluding ortho intramolecular Hbond substituents is 1. The first-order valence-electron chi connectivity index (χ1n) is 9.80. The maximum absolute atomic E-state index is 15.1. The van der Waals surface area contributed by atoms with Gasteiger partial charge in [0, 0.05) is 12.1 Å². The maximum atomic E-state index is 15.1. The van der Waals surface area contributed by atoms with E-state index in [1.807, 2.05) is 0 Å². The van der Waals surface area contributed by atoms with E-state index in [1.165, 1.54) is 11.0 Å². The van der Waals surface area contributed by atoms with Gasteiger partial charge in [0.2, 0.25) is 0 Å². The molecule has 31 heavy (non-hydrogen) atoms. The SMILES string of the molecule is CC(C)(C)N(CCOC1CCc2c(cc(O)c(N3CC(=O)NS3(=O)=O)c2F)C1)C(=O)O. The monoisotopic (exact) mass is 459 g/mol. The molecule has 1 fully saturated rings. The van der Waals surface area contributed by atoms with Crippen molar-refractivity contribution in [3.8, 4) is 5.75 Å². The molecule has 0 bridgehead atoms. The van der Waals surface area contributed by atoms with E-state index in [9.17, 15) is 28.2 Å². The van der Waals surface area contributed by atoms with Crippen LogP contribution in [-0.4, -0.2) is 66.9 Å². The molecule has 1 aliphatic heterocycles. The summed E-state index contributed by atoms with van der Waals surface area (Å²) in [6.45, 7) is 5.08. The van der Waals surface area contributed by atoms with Crippen molar-refractivity contribution in [3.63, 3.8) is 0 Å². The lowest BCUT2D eigenvalue weighted by Crippen LogP contribution is -2.47. The number of halogens is 1.